The van der Waals surface area contributed by atoms with Crippen LogP contribution in [0.25, 0.3) is 0 Å². The van der Waals surface area contributed by atoms with Crippen LogP contribution in [0.1, 0.15) is 19.8 Å². The molecular formula is C9H17N3OS. The zero-order valence-corrected chi connectivity index (χ0v) is 9.49. The third kappa shape index (κ3) is 3.57. The summed E-state index contributed by atoms with van der Waals surface area (Å²) in [6, 6.07) is 0. The highest BCUT2D eigenvalue weighted by molar-refractivity contribution is 8.14. The van der Waals surface area contributed by atoms with E-state index in [9.17, 15) is 4.79 Å². The van der Waals surface area contributed by atoms with Crippen molar-refractivity contribution in [3.05, 3.63) is 0 Å². The Hall–Kier alpha value is -0.710. The van der Waals surface area contributed by atoms with Gasteiger partial charge in [-0.2, -0.15) is 0 Å². The molecule has 0 aromatic heterocycles. The van der Waals surface area contributed by atoms with Crippen LogP contribution in [0.2, 0.25) is 0 Å². The Labute approximate surface area is 88.9 Å². The van der Waals surface area contributed by atoms with E-state index < -0.39 is 0 Å². The monoisotopic (exact) mass is 215 g/mol. The number of amidine groups is 1. The van der Waals surface area contributed by atoms with Gasteiger partial charge >= 0.3 is 0 Å². The number of carbonyl (C=O) groups excluding carboxylic acids is 1. The summed E-state index contributed by atoms with van der Waals surface area (Å²) < 4.78 is 0. The highest BCUT2D eigenvalue weighted by atomic mass is 32.2. The molecule has 5 heteroatoms. The van der Waals surface area contributed by atoms with Crippen LogP contribution in [0.5, 0.6) is 0 Å². The van der Waals surface area contributed by atoms with Gasteiger partial charge in [-0.3, -0.25) is 9.79 Å². The van der Waals surface area contributed by atoms with Gasteiger partial charge in [0, 0.05) is 12.3 Å². The fraction of sp³-hybridized carbons (Fsp3) is 0.778. The predicted molar refractivity (Wildman–Crippen MR) is 60.7 cm³/mol. The second-order valence-electron chi connectivity index (χ2n) is 3.20. The maximum absolute atomic E-state index is 10.9. The molecule has 0 aromatic carbocycles. The number of amides is 1. The van der Waals surface area contributed by atoms with Gasteiger partial charge in [-0.15, -0.1) is 0 Å². The van der Waals surface area contributed by atoms with E-state index in [1.807, 2.05) is 0 Å². The van der Waals surface area contributed by atoms with Crippen molar-refractivity contribution in [2.45, 2.75) is 25.0 Å². The summed E-state index contributed by atoms with van der Waals surface area (Å²) in [6.45, 7) is 3.38. The average molecular weight is 215 g/mol. The van der Waals surface area contributed by atoms with Gasteiger partial charge in [0.1, 0.15) is 0 Å². The van der Waals surface area contributed by atoms with Crippen molar-refractivity contribution >= 4 is 22.8 Å². The Morgan fingerprint density at radius 2 is 2.50 bits per heavy atom. The first-order valence-electron chi connectivity index (χ1n) is 4.91. The van der Waals surface area contributed by atoms with Crippen LogP contribution < -0.4 is 10.6 Å². The third-order valence-corrected chi connectivity index (χ3v) is 3.22. The van der Waals surface area contributed by atoms with E-state index >= 15 is 0 Å². The number of likely N-dealkylation sites (N-methyl/N-ethyl adjacent to an activating group) is 1. The Kier molecular flexibility index (Phi) is 4.79. The molecular weight excluding hydrogens is 198 g/mol. The summed E-state index contributed by atoms with van der Waals surface area (Å²) in [6.07, 6.45) is 2.38. The fourth-order valence-electron chi connectivity index (χ4n) is 1.23. The molecule has 0 aromatic rings. The van der Waals surface area contributed by atoms with Gasteiger partial charge < -0.3 is 10.6 Å². The van der Waals surface area contributed by atoms with Crippen molar-refractivity contribution < 1.29 is 4.79 Å². The van der Waals surface area contributed by atoms with Crippen molar-refractivity contribution in [1.82, 2.24) is 10.6 Å². The Bertz CT molecular complexity index is 230. The lowest BCUT2D eigenvalue weighted by molar-refractivity contribution is -0.119. The molecule has 0 bridgehead atoms. The first kappa shape index (κ1) is 11.4. The number of hydrogen-bond donors (Lipinski definition) is 2. The highest BCUT2D eigenvalue weighted by Gasteiger charge is 2.18. The molecule has 0 radical (unpaired) electrons. The Morgan fingerprint density at radius 3 is 3.14 bits per heavy atom. The molecule has 1 heterocycles. The molecule has 1 aliphatic heterocycles. The Balaban J connectivity index is 2.18. The summed E-state index contributed by atoms with van der Waals surface area (Å²) in [7, 11) is 1.63. The highest BCUT2D eigenvalue weighted by Crippen LogP contribution is 2.23. The van der Waals surface area contributed by atoms with Crippen molar-refractivity contribution in [2.24, 2.45) is 4.99 Å². The van der Waals surface area contributed by atoms with Crippen LogP contribution in [-0.2, 0) is 4.79 Å². The number of carbonyl (C=O) groups is 1. The van der Waals surface area contributed by atoms with Crippen LogP contribution in [-0.4, -0.2) is 36.5 Å². The van der Waals surface area contributed by atoms with Crippen molar-refractivity contribution in [2.75, 3.05) is 20.1 Å². The quantitative estimate of drug-likeness (QED) is 0.722. The van der Waals surface area contributed by atoms with Crippen molar-refractivity contribution in [3.8, 4) is 0 Å². The standard InChI is InChI=1S/C9H17N3OS/c1-3-4-7-5-11-9(14-7)12-6-8(13)10-2/h7H,3-6H2,1-2H3,(H,10,13)(H,11,12). The van der Waals surface area contributed by atoms with E-state index in [2.05, 4.69) is 22.5 Å². The topological polar surface area (TPSA) is 53.5 Å². The second-order valence-corrected chi connectivity index (χ2v) is 4.49. The van der Waals surface area contributed by atoms with Crippen LogP contribution in [0, 0.1) is 0 Å². The molecule has 0 aliphatic carbocycles. The number of nitrogens with zero attached hydrogens (tertiary/aromatic N) is 1. The zero-order chi connectivity index (χ0) is 10.4. The minimum absolute atomic E-state index is 0.00718. The van der Waals surface area contributed by atoms with Gasteiger partial charge in [0.15, 0.2) is 5.17 Å². The van der Waals surface area contributed by atoms with Crippen molar-refractivity contribution in [3.63, 3.8) is 0 Å². The van der Waals surface area contributed by atoms with Crippen molar-refractivity contribution in [1.29, 1.82) is 0 Å². The van der Waals surface area contributed by atoms with E-state index in [1.54, 1.807) is 18.8 Å². The molecule has 1 unspecified atom stereocenters. The number of hydrogen-bond acceptors (Lipinski definition) is 4. The van der Waals surface area contributed by atoms with Gasteiger partial charge in [-0.25, -0.2) is 0 Å². The second kappa shape index (κ2) is 5.90. The van der Waals surface area contributed by atoms with E-state index in [1.165, 1.54) is 12.8 Å². The van der Waals surface area contributed by atoms with Crippen LogP contribution in [0.15, 0.2) is 4.99 Å². The minimum Gasteiger partial charge on any atom is -0.358 e. The van der Waals surface area contributed by atoms with E-state index in [4.69, 9.17) is 0 Å². The maximum atomic E-state index is 10.9. The lowest BCUT2D eigenvalue weighted by Crippen LogP contribution is -2.33. The first-order valence-corrected chi connectivity index (χ1v) is 5.79. The molecule has 1 atom stereocenters. The molecule has 80 valence electrons. The van der Waals surface area contributed by atoms with E-state index in [0.717, 1.165) is 11.7 Å². The predicted octanol–water partition coefficient (Wildman–Crippen LogP) is 0.594. The van der Waals surface area contributed by atoms with Gasteiger partial charge in [0.25, 0.3) is 0 Å². The first-order chi connectivity index (χ1) is 6.76. The van der Waals surface area contributed by atoms with Gasteiger partial charge in [-0.05, 0) is 6.42 Å². The normalized spacial score (nSPS) is 20.4. The molecule has 4 nitrogen and oxygen atoms in total. The van der Waals surface area contributed by atoms with Gasteiger partial charge in [0.05, 0.1) is 13.1 Å². The molecule has 0 fully saturated rings. The molecule has 0 saturated heterocycles. The fourth-order valence-corrected chi connectivity index (χ4v) is 2.35. The zero-order valence-electron chi connectivity index (χ0n) is 8.67. The van der Waals surface area contributed by atoms with E-state index in [0.29, 0.717) is 11.8 Å². The van der Waals surface area contributed by atoms with Gasteiger partial charge in [0.2, 0.25) is 5.91 Å². The molecule has 1 amide bonds. The molecule has 1 aliphatic rings. The summed E-state index contributed by atoms with van der Waals surface area (Å²) >= 11 is 1.75. The van der Waals surface area contributed by atoms with Crippen LogP contribution in [0.4, 0.5) is 0 Å². The summed E-state index contributed by atoms with van der Waals surface area (Å²) in [5.74, 6) is -0.00718. The summed E-state index contributed by atoms with van der Waals surface area (Å²) in [5, 5.41) is 7.09. The largest absolute Gasteiger partial charge is 0.358 e. The summed E-state index contributed by atoms with van der Waals surface area (Å²) in [4.78, 5) is 15.3. The Morgan fingerprint density at radius 1 is 1.71 bits per heavy atom. The van der Waals surface area contributed by atoms with Crippen LogP contribution in [0.3, 0.4) is 0 Å². The van der Waals surface area contributed by atoms with Crippen LogP contribution >= 0.6 is 11.8 Å². The lowest BCUT2D eigenvalue weighted by Gasteiger charge is -2.06. The number of thioether (sulfide) groups is 1. The maximum Gasteiger partial charge on any atom is 0.239 e. The lowest BCUT2D eigenvalue weighted by atomic mass is 10.2. The molecule has 0 saturated carbocycles. The molecule has 2 N–H and O–H groups in total. The molecule has 14 heavy (non-hydrogen) atoms. The SMILES string of the molecule is CCCC1CN=C(NCC(=O)NC)S1. The number of aliphatic imine (C=N–C) groups is 1. The third-order valence-electron chi connectivity index (χ3n) is 2.01. The average Bonchev–Trinajstić information content (AvgIpc) is 2.63. The van der Waals surface area contributed by atoms with Gasteiger partial charge in [-0.1, -0.05) is 25.1 Å². The minimum atomic E-state index is -0.00718. The number of nitrogens with one attached hydrogen (secondary N) is 2. The molecule has 1 rings (SSSR count). The van der Waals surface area contributed by atoms with E-state index in [-0.39, 0.29) is 5.91 Å². The number of rotatable bonds is 4. The smallest absolute Gasteiger partial charge is 0.239 e. The summed E-state index contributed by atoms with van der Waals surface area (Å²) in [5.41, 5.74) is 0. The molecule has 0 spiro atoms.